The molecule has 0 fully saturated rings. The van der Waals surface area contributed by atoms with Crippen LogP contribution in [-0.4, -0.2) is 17.9 Å². The number of hydrogen-bond donors (Lipinski definition) is 1. The van der Waals surface area contributed by atoms with Crippen molar-refractivity contribution in [1.82, 2.24) is 4.98 Å². The average molecular weight is 286 g/mol. The van der Waals surface area contributed by atoms with Gasteiger partial charge in [-0.2, -0.15) is 0 Å². The summed E-state index contributed by atoms with van der Waals surface area (Å²) < 4.78 is 5.09. The van der Waals surface area contributed by atoms with E-state index in [1.807, 2.05) is 6.07 Å². The van der Waals surface area contributed by atoms with E-state index in [4.69, 9.17) is 16.3 Å². The summed E-state index contributed by atoms with van der Waals surface area (Å²) in [6, 6.07) is 12.5. The number of fused-ring (bicyclic) bond motifs is 1. The number of aromatic nitrogens is 1. The Morgan fingerprint density at radius 1 is 1.15 bits per heavy atom. The highest BCUT2D eigenvalue weighted by Gasteiger charge is 2.14. The molecule has 1 aromatic heterocycles. The van der Waals surface area contributed by atoms with Gasteiger partial charge in [0.15, 0.2) is 5.78 Å². The van der Waals surface area contributed by atoms with Crippen molar-refractivity contribution in [1.29, 1.82) is 0 Å². The van der Waals surface area contributed by atoms with Crippen LogP contribution in [0.1, 0.15) is 15.9 Å². The van der Waals surface area contributed by atoms with Gasteiger partial charge < -0.3 is 9.72 Å². The number of carbonyl (C=O) groups is 1. The topological polar surface area (TPSA) is 42.1 Å². The van der Waals surface area contributed by atoms with Gasteiger partial charge in [0.05, 0.1) is 7.11 Å². The lowest BCUT2D eigenvalue weighted by Crippen LogP contribution is -2.00. The zero-order chi connectivity index (χ0) is 14.1. The van der Waals surface area contributed by atoms with E-state index in [0.717, 1.165) is 16.7 Å². The first-order valence-electron chi connectivity index (χ1n) is 6.14. The molecule has 0 saturated carbocycles. The van der Waals surface area contributed by atoms with Crippen LogP contribution in [0.25, 0.3) is 10.9 Å². The highest BCUT2D eigenvalue weighted by molar-refractivity contribution is 6.31. The second-order valence-corrected chi connectivity index (χ2v) is 4.89. The summed E-state index contributed by atoms with van der Waals surface area (Å²) in [6.45, 7) is 0. The lowest BCUT2D eigenvalue weighted by atomic mass is 10.0. The Labute approximate surface area is 121 Å². The first-order chi connectivity index (χ1) is 9.69. The Balaban J connectivity index is 2.05. The van der Waals surface area contributed by atoms with Crippen LogP contribution < -0.4 is 4.74 Å². The lowest BCUT2D eigenvalue weighted by Gasteiger charge is -2.02. The van der Waals surface area contributed by atoms with E-state index in [2.05, 4.69) is 4.98 Å². The van der Waals surface area contributed by atoms with E-state index in [1.165, 1.54) is 0 Å². The zero-order valence-corrected chi connectivity index (χ0v) is 11.6. The van der Waals surface area contributed by atoms with Crippen molar-refractivity contribution in [2.24, 2.45) is 0 Å². The summed E-state index contributed by atoms with van der Waals surface area (Å²) in [4.78, 5) is 15.6. The van der Waals surface area contributed by atoms with E-state index < -0.39 is 0 Å². The number of carbonyl (C=O) groups excluding carboxylic acids is 1. The number of rotatable bonds is 3. The van der Waals surface area contributed by atoms with Gasteiger partial charge in [0.2, 0.25) is 0 Å². The number of methoxy groups -OCH3 is 1. The molecule has 0 radical (unpaired) electrons. The monoisotopic (exact) mass is 285 g/mol. The molecule has 0 bridgehead atoms. The maximum atomic E-state index is 12.5. The van der Waals surface area contributed by atoms with Crippen molar-refractivity contribution < 1.29 is 9.53 Å². The SMILES string of the molecule is COc1ccc(C(=O)c2c[nH]c3ccc(Cl)cc23)cc1. The Kier molecular flexibility index (Phi) is 3.20. The lowest BCUT2D eigenvalue weighted by molar-refractivity contribution is 0.104. The fourth-order valence-corrected chi connectivity index (χ4v) is 2.35. The Bertz CT molecular complexity index is 775. The molecule has 4 heteroatoms. The molecule has 0 unspecified atom stereocenters. The van der Waals surface area contributed by atoms with E-state index in [-0.39, 0.29) is 5.78 Å². The maximum absolute atomic E-state index is 12.5. The number of ether oxygens (including phenoxy) is 1. The number of aromatic amines is 1. The predicted octanol–water partition coefficient (Wildman–Crippen LogP) is 4.06. The second-order valence-electron chi connectivity index (χ2n) is 4.45. The highest BCUT2D eigenvalue weighted by atomic mass is 35.5. The van der Waals surface area contributed by atoms with Gasteiger partial charge in [-0.05, 0) is 42.5 Å². The minimum atomic E-state index is -0.0406. The van der Waals surface area contributed by atoms with Crippen molar-refractivity contribution in [3.63, 3.8) is 0 Å². The highest BCUT2D eigenvalue weighted by Crippen LogP contribution is 2.25. The molecule has 100 valence electrons. The second kappa shape index (κ2) is 5.02. The largest absolute Gasteiger partial charge is 0.497 e. The van der Waals surface area contributed by atoms with Gasteiger partial charge in [0.1, 0.15) is 5.75 Å². The molecule has 0 spiro atoms. The van der Waals surface area contributed by atoms with Gasteiger partial charge in [0.25, 0.3) is 0 Å². The molecule has 3 aromatic rings. The minimum Gasteiger partial charge on any atom is -0.497 e. The van der Waals surface area contributed by atoms with Crippen LogP contribution in [0.5, 0.6) is 5.75 Å². The molecule has 0 saturated heterocycles. The fraction of sp³-hybridized carbons (Fsp3) is 0.0625. The molecule has 0 aliphatic carbocycles. The Morgan fingerprint density at radius 2 is 1.90 bits per heavy atom. The van der Waals surface area contributed by atoms with E-state index in [9.17, 15) is 4.79 Å². The maximum Gasteiger partial charge on any atom is 0.195 e. The van der Waals surface area contributed by atoms with Gasteiger partial charge in [-0.15, -0.1) is 0 Å². The molecule has 0 aliphatic heterocycles. The molecule has 3 rings (SSSR count). The molecule has 0 atom stereocenters. The number of ketones is 1. The quantitative estimate of drug-likeness (QED) is 0.737. The van der Waals surface area contributed by atoms with Crippen molar-refractivity contribution in [3.05, 3.63) is 64.8 Å². The third kappa shape index (κ3) is 2.17. The molecule has 1 heterocycles. The van der Waals surface area contributed by atoms with E-state index in [1.54, 1.807) is 49.7 Å². The molecule has 0 amide bonds. The number of nitrogens with one attached hydrogen (secondary N) is 1. The fourth-order valence-electron chi connectivity index (χ4n) is 2.18. The third-order valence-corrected chi connectivity index (χ3v) is 3.48. The van der Waals surface area contributed by atoms with Crippen molar-refractivity contribution >= 4 is 28.3 Å². The normalized spacial score (nSPS) is 10.7. The van der Waals surface area contributed by atoms with Crippen LogP contribution in [0.3, 0.4) is 0 Å². The first kappa shape index (κ1) is 12.8. The van der Waals surface area contributed by atoms with Gasteiger partial charge in [-0.1, -0.05) is 11.6 Å². The Morgan fingerprint density at radius 3 is 2.60 bits per heavy atom. The van der Waals surface area contributed by atoms with Crippen LogP contribution in [0.2, 0.25) is 5.02 Å². The standard InChI is InChI=1S/C16H12ClNO2/c1-20-12-5-2-10(3-6-12)16(19)14-9-18-15-7-4-11(17)8-13(14)15/h2-9,18H,1H3. The van der Waals surface area contributed by atoms with Crippen LogP contribution in [0, 0.1) is 0 Å². The van der Waals surface area contributed by atoms with Crippen molar-refractivity contribution in [2.45, 2.75) is 0 Å². The van der Waals surface area contributed by atoms with Crippen LogP contribution in [0.15, 0.2) is 48.7 Å². The number of H-pyrrole nitrogens is 1. The van der Waals surface area contributed by atoms with Crippen LogP contribution in [0.4, 0.5) is 0 Å². The number of benzene rings is 2. The predicted molar refractivity (Wildman–Crippen MR) is 79.7 cm³/mol. The average Bonchev–Trinajstić information content (AvgIpc) is 2.89. The van der Waals surface area contributed by atoms with Gasteiger partial charge in [-0.25, -0.2) is 0 Å². The smallest absolute Gasteiger partial charge is 0.195 e. The first-order valence-corrected chi connectivity index (χ1v) is 6.52. The summed E-state index contributed by atoms with van der Waals surface area (Å²) in [5.74, 6) is 0.685. The minimum absolute atomic E-state index is 0.0406. The van der Waals surface area contributed by atoms with E-state index in [0.29, 0.717) is 16.1 Å². The van der Waals surface area contributed by atoms with Gasteiger partial charge in [-0.3, -0.25) is 4.79 Å². The summed E-state index contributed by atoms with van der Waals surface area (Å²) >= 11 is 6.00. The van der Waals surface area contributed by atoms with E-state index >= 15 is 0 Å². The summed E-state index contributed by atoms with van der Waals surface area (Å²) in [5, 5.41) is 1.44. The summed E-state index contributed by atoms with van der Waals surface area (Å²) in [6.07, 6.45) is 1.72. The summed E-state index contributed by atoms with van der Waals surface area (Å²) in [5.41, 5.74) is 2.13. The number of hydrogen-bond acceptors (Lipinski definition) is 2. The molecule has 3 nitrogen and oxygen atoms in total. The molecular weight excluding hydrogens is 274 g/mol. The molecule has 1 N–H and O–H groups in total. The van der Waals surface area contributed by atoms with Crippen molar-refractivity contribution in [2.75, 3.05) is 7.11 Å². The molecule has 0 aliphatic rings. The molecule has 20 heavy (non-hydrogen) atoms. The van der Waals surface area contributed by atoms with Crippen molar-refractivity contribution in [3.8, 4) is 5.75 Å². The van der Waals surface area contributed by atoms with Crippen LogP contribution in [-0.2, 0) is 0 Å². The molecule has 2 aromatic carbocycles. The third-order valence-electron chi connectivity index (χ3n) is 3.24. The Hall–Kier alpha value is -2.26. The van der Waals surface area contributed by atoms with Gasteiger partial charge >= 0.3 is 0 Å². The van der Waals surface area contributed by atoms with Gasteiger partial charge in [0, 0.05) is 33.2 Å². The zero-order valence-electron chi connectivity index (χ0n) is 10.8. The summed E-state index contributed by atoms with van der Waals surface area (Å²) in [7, 11) is 1.60. The molecular formula is C16H12ClNO2. The number of halogens is 1. The van der Waals surface area contributed by atoms with Crippen LogP contribution >= 0.6 is 11.6 Å².